The van der Waals surface area contributed by atoms with Gasteiger partial charge in [0.1, 0.15) is 5.60 Å². The van der Waals surface area contributed by atoms with Crippen LogP contribution in [0.2, 0.25) is 0 Å². The Balaban J connectivity index is 2.13. The lowest BCUT2D eigenvalue weighted by Crippen LogP contribution is -2.66. The molecule has 0 unspecified atom stereocenters. The summed E-state index contributed by atoms with van der Waals surface area (Å²) in [5.74, 6) is 0. The van der Waals surface area contributed by atoms with Crippen LogP contribution in [0.25, 0.3) is 0 Å². The molecule has 15 heavy (non-hydrogen) atoms. The number of benzene rings is 1. The first-order chi connectivity index (χ1) is 7.10. The van der Waals surface area contributed by atoms with Crippen LogP contribution in [0, 0.1) is 0 Å². The Morgan fingerprint density at radius 1 is 1.07 bits per heavy atom. The van der Waals surface area contributed by atoms with E-state index < -0.39 is 11.2 Å². The van der Waals surface area contributed by atoms with E-state index in [1.54, 1.807) is 0 Å². The first-order valence-electron chi connectivity index (χ1n) is 5.11. The van der Waals surface area contributed by atoms with E-state index in [0.29, 0.717) is 0 Å². The predicted molar refractivity (Wildman–Crippen MR) is 56.2 cm³/mol. The van der Waals surface area contributed by atoms with E-state index in [-0.39, 0.29) is 6.61 Å². The minimum absolute atomic E-state index is 0.0314. The first-order valence-corrected chi connectivity index (χ1v) is 5.11. The third kappa shape index (κ3) is 1.67. The lowest BCUT2D eigenvalue weighted by Gasteiger charge is -2.52. The van der Waals surface area contributed by atoms with Gasteiger partial charge in [0.05, 0.1) is 6.61 Å². The summed E-state index contributed by atoms with van der Waals surface area (Å²) in [6.07, 6.45) is 0.741. The van der Waals surface area contributed by atoms with Gasteiger partial charge in [0, 0.05) is 6.42 Å². The molecule has 3 heteroatoms. The number of aliphatic hydroxyl groups is 1. The molecule has 0 aliphatic carbocycles. The third-order valence-corrected chi connectivity index (χ3v) is 3.21. The van der Waals surface area contributed by atoms with Crippen molar-refractivity contribution in [3.63, 3.8) is 0 Å². The van der Waals surface area contributed by atoms with Crippen LogP contribution in [-0.4, -0.2) is 22.9 Å². The van der Waals surface area contributed by atoms with E-state index in [1.165, 1.54) is 5.56 Å². The van der Waals surface area contributed by atoms with Crippen molar-refractivity contribution < 1.29 is 14.9 Å². The van der Waals surface area contributed by atoms with Crippen molar-refractivity contribution >= 4 is 0 Å². The summed E-state index contributed by atoms with van der Waals surface area (Å²) in [4.78, 5) is 10.2. The van der Waals surface area contributed by atoms with Crippen LogP contribution >= 0.6 is 0 Å². The summed E-state index contributed by atoms with van der Waals surface area (Å²) in [6.45, 7) is 3.79. The van der Waals surface area contributed by atoms with E-state index in [4.69, 9.17) is 9.78 Å². The van der Waals surface area contributed by atoms with Gasteiger partial charge in [0.15, 0.2) is 5.60 Å². The van der Waals surface area contributed by atoms with Gasteiger partial charge in [-0.3, -0.25) is 0 Å². The monoisotopic (exact) mass is 208 g/mol. The average molecular weight is 208 g/mol. The minimum Gasteiger partial charge on any atom is -0.393 e. The van der Waals surface area contributed by atoms with Gasteiger partial charge in [-0.2, -0.15) is 0 Å². The van der Waals surface area contributed by atoms with Crippen molar-refractivity contribution in [1.29, 1.82) is 0 Å². The normalized spacial score (nSPS) is 34.9. The topological polar surface area (TPSA) is 38.7 Å². The summed E-state index contributed by atoms with van der Waals surface area (Å²) in [5, 5.41) is 9.25. The van der Waals surface area contributed by atoms with Crippen molar-refractivity contribution in [1.82, 2.24) is 0 Å². The van der Waals surface area contributed by atoms with Crippen LogP contribution < -0.4 is 0 Å². The molecular formula is C12H16O3. The highest BCUT2D eigenvalue weighted by molar-refractivity contribution is 5.19. The Kier molecular flexibility index (Phi) is 2.54. The Labute approximate surface area is 89.6 Å². The predicted octanol–water partition coefficient (Wildman–Crippen LogP) is 1.70. The van der Waals surface area contributed by atoms with Gasteiger partial charge in [-0.05, 0) is 19.4 Å². The van der Waals surface area contributed by atoms with Gasteiger partial charge in [-0.1, -0.05) is 30.3 Å². The number of hydrogen-bond acceptors (Lipinski definition) is 3. The summed E-state index contributed by atoms with van der Waals surface area (Å²) >= 11 is 0. The van der Waals surface area contributed by atoms with Crippen LogP contribution in [0.4, 0.5) is 0 Å². The smallest absolute Gasteiger partial charge is 0.156 e. The highest BCUT2D eigenvalue weighted by Gasteiger charge is 2.57. The van der Waals surface area contributed by atoms with Crippen molar-refractivity contribution in [2.75, 3.05) is 6.61 Å². The van der Waals surface area contributed by atoms with Gasteiger partial charge >= 0.3 is 0 Å². The van der Waals surface area contributed by atoms with Crippen molar-refractivity contribution in [3.8, 4) is 0 Å². The standard InChI is InChI=1S/C12H16O3/c1-11(12(2,9-13)15-14-11)8-10-6-4-3-5-7-10/h3-7,13H,8-9H2,1-2H3/t11-,12+/m0/s1. The van der Waals surface area contributed by atoms with Gasteiger partial charge < -0.3 is 5.11 Å². The van der Waals surface area contributed by atoms with Crippen molar-refractivity contribution in [3.05, 3.63) is 35.9 Å². The number of hydrogen-bond donors (Lipinski definition) is 1. The van der Waals surface area contributed by atoms with Gasteiger partial charge in [0.2, 0.25) is 0 Å². The Hall–Kier alpha value is -0.900. The zero-order chi connectivity index (χ0) is 10.9. The summed E-state index contributed by atoms with van der Waals surface area (Å²) in [5.41, 5.74) is 0.148. The lowest BCUT2D eigenvalue weighted by atomic mass is 9.80. The fraction of sp³-hybridized carbons (Fsp3) is 0.500. The second-order valence-electron chi connectivity index (χ2n) is 4.45. The molecule has 0 saturated carbocycles. The molecule has 2 atom stereocenters. The van der Waals surface area contributed by atoms with E-state index in [2.05, 4.69) is 0 Å². The maximum atomic E-state index is 9.25. The fourth-order valence-corrected chi connectivity index (χ4v) is 1.72. The average Bonchev–Trinajstić information content (AvgIpc) is 2.28. The molecule has 1 aromatic carbocycles. The minimum atomic E-state index is -0.594. The van der Waals surface area contributed by atoms with Crippen molar-refractivity contribution in [2.24, 2.45) is 0 Å². The maximum absolute atomic E-state index is 9.25. The van der Waals surface area contributed by atoms with E-state index >= 15 is 0 Å². The SMILES string of the molecule is C[C@]1(CO)OO[C@@]1(C)Cc1ccccc1. The highest BCUT2D eigenvalue weighted by Crippen LogP contribution is 2.42. The molecule has 1 fully saturated rings. The lowest BCUT2D eigenvalue weighted by molar-refractivity contribution is -0.548. The van der Waals surface area contributed by atoms with Gasteiger partial charge in [-0.15, -0.1) is 0 Å². The van der Waals surface area contributed by atoms with Gasteiger partial charge in [0.25, 0.3) is 0 Å². The zero-order valence-electron chi connectivity index (χ0n) is 9.06. The molecule has 0 bridgehead atoms. The molecule has 1 N–H and O–H groups in total. The molecule has 1 saturated heterocycles. The largest absolute Gasteiger partial charge is 0.393 e. The molecule has 0 amide bonds. The molecule has 1 heterocycles. The second-order valence-corrected chi connectivity index (χ2v) is 4.45. The molecule has 82 valence electrons. The summed E-state index contributed by atoms with van der Waals surface area (Å²) < 4.78 is 0. The molecule has 1 aromatic rings. The van der Waals surface area contributed by atoms with Gasteiger partial charge in [-0.25, -0.2) is 9.78 Å². The van der Waals surface area contributed by atoms with Crippen LogP contribution in [0.3, 0.4) is 0 Å². The van der Waals surface area contributed by atoms with E-state index in [1.807, 2.05) is 44.2 Å². The molecule has 1 aliphatic rings. The highest BCUT2D eigenvalue weighted by atomic mass is 17.3. The fourth-order valence-electron chi connectivity index (χ4n) is 1.72. The summed E-state index contributed by atoms with van der Waals surface area (Å²) in [6, 6.07) is 10.1. The van der Waals surface area contributed by atoms with E-state index in [9.17, 15) is 5.11 Å². The third-order valence-electron chi connectivity index (χ3n) is 3.21. The second kappa shape index (κ2) is 3.59. The van der Waals surface area contributed by atoms with Crippen LogP contribution in [0.1, 0.15) is 19.4 Å². The molecule has 0 radical (unpaired) electrons. The van der Waals surface area contributed by atoms with Crippen LogP contribution in [0.15, 0.2) is 30.3 Å². The van der Waals surface area contributed by atoms with E-state index in [0.717, 1.165) is 6.42 Å². The Bertz CT molecular complexity index is 334. The Morgan fingerprint density at radius 2 is 1.67 bits per heavy atom. The molecule has 3 nitrogen and oxygen atoms in total. The molecule has 1 aliphatic heterocycles. The maximum Gasteiger partial charge on any atom is 0.156 e. The quantitative estimate of drug-likeness (QED) is 0.768. The molecule has 0 aromatic heterocycles. The molecule has 0 spiro atoms. The van der Waals surface area contributed by atoms with Crippen molar-refractivity contribution in [2.45, 2.75) is 31.5 Å². The summed E-state index contributed by atoms with van der Waals surface area (Å²) in [7, 11) is 0. The number of rotatable bonds is 3. The Morgan fingerprint density at radius 3 is 2.13 bits per heavy atom. The first kappa shape index (κ1) is 10.6. The molecular weight excluding hydrogens is 192 g/mol. The van der Waals surface area contributed by atoms with Crippen LogP contribution in [0.5, 0.6) is 0 Å². The zero-order valence-corrected chi connectivity index (χ0v) is 9.06. The molecule has 2 rings (SSSR count). The van der Waals surface area contributed by atoms with Crippen LogP contribution in [-0.2, 0) is 16.2 Å². The number of aliphatic hydroxyl groups excluding tert-OH is 1.